The van der Waals surface area contributed by atoms with Gasteiger partial charge in [0.1, 0.15) is 29.3 Å². The van der Waals surface area contributed by atoms with E-state index in [-0.39, 0.29) is 40.5 Å². The minimum absolute atomic E-state index is 0.0107. The van der Waals surface area contributed by atoms with Crippen LogP contribution in [0.15, 0.2) is 66.9 Å². The SMILES string of the molecule is Cc1nc2cc(-c3cccn4c(C(=O)c5cc(F)c(NC(=O)/C=C/CN[C@@H]6CCC[C@H](F)C6)c(F)c5)ccc34)c(C(F)(F)F)cc2n1C. The molecule has 0 bridgehead atoms. The van der Waals surface area contributed by atoms with Gasteiger partial charge in [-0.2, -0.15) is 13.2 Å². The summed E-state index contributed by atoms with van der Waals surface area (Å²) < 4.78 is 89.5. The number of hydrogen-bond donors (Lipinski definition) is 2. The van der Waals surface area contributed by atoms with Crippen LogP contribution in [0, 0.1) is 18.6 Å². The van der Waals surface area contributed by atoms with Gasteiger partial charge in [0, 0.05) is 43.0 Å². The van der Waals surface area contributed by atoms with Crippen LogP contribution < -0.4 is 10.6 Å². The highest BCUT2D eigenvalue weighted by Gasteiger charge is 2.35. The van der Waals surface area contributed by atoms with Crippen LogP contribution in [0.3, 0.4) is 0 Å². The number of carbonyl (C=O) groups is 2. The number of alkyl halides is 4. The monoisotopic (exact) mass is 667 g/mol. The zero-order valence-electron chi connectivity index (χ0n) is 26.0. The maximum atomic E-state index is 15.1. The maximum absolute atomic E-state index is 15.1. The van der Waals surface area contributed by atoms with Crippen molar-refractivity contribution in [1.29, 1.82) is 0 Å². The van der Waals surface area contributed by atoms with E-state index in [0.717, 1.165) is 37.1 Å². The van der Waals surface area contributed by atoms with E-state index in [4.69, 9.17) is 0 Å². The summed E-state index contributed by atoms with van der Waals surface area (Å²) in [4.78, 5) is 30.2. The topological polar surface area (TPSA) is 80.4 Å². The summed E-state index contributed by atoms with van der Waals surface area (Å²) >= 11 is 0. The summed E-state index contributed by atoms with van der Waals surface area (Å²) in [5, 5.41) is 5.26. The first-order valence-electron chi connectivity index (χ1n) is 15.3. The highest BCUT2D eigenvalue weighted by Crippen LogP contribution is 2.41. The minimum atomic E-state index is -4.70. The Morgan fingerprint density at radius 2 is 1.77 bits per heavy atom. The number of amides is 1. The number of carbonyl (C=O) groups excluding carboxylic acids is 2. The molecule has 6 rings (SSSR count). The fourth-order valence-electron chi connectivity index (χ4n) is 6.22. The van der Waals surface area contributed by atoms with Crippen LogP contribution in [0.5, 0.6) is 0 Å². The summed E-state index contributed by atoms with van der Waals surface area (Å²) in [7, 11) is 1.63. The second kappa shape index (κ2) is 12.9. The van der Waals surface area contributed by atoms with E-state index in [0.29, 0.717) is 29.7 Å². The number of hydrogen-bond acceptors (Lipinski definition) is 4. The van der Waals surface area contributed by atoms with Gasteiger partial charge in [-0.1, -0.05) is 12.1 Å². The molecule has 0 saturated heterocycles. The predicted octanol–water partition coefficient (Wildman–Crippen LogP) is 7.69. The number of aryl methyl sites for hydroxylation is 2. The fourth-order valence-corrected chi connectivity index (χ4v) is 6.22. The van der Waals surface area contributed by atoms with Crippen molar-refractivity contribution in [3.63, 3.8) is 0 Å². The molecule has 1 fully saturated rings. The van der Waals surface area contributed by atoms with E-state index in [1.807, 2.05) is 0 Å². The number of anilines is 1. The standard InChI is InChI=1S/C35H31F6N5O2/c1-19-43-28-17-24(25(35(39,40)41)18-31(28)45(19)2)23-8-5-13-46-29(23)10-11-30(46)34(48)20-14-26(37)33(27(38)15-20)44-32(47)9-4-12-42-22-7-3-6-21(36)16-22/h4-5,8-11,13-15,17-18,21-22,42H,3,6-7,12,16H2,1-2H3,(H,44,47)/b9-4+/t21-,22+/m0/s1. The Labute approximate surface area is 271 Å². The van der Waals surface area contributed by atoms with E-state index < -0.39 is 46.9 Å². The second-order valence-electron chi connectivity index (χ2n) is 11.9. The lowest BCUT2D eigenvalue weighted by Gasteiger charge is -2.24. The molecule has 250 valence electrons. The van der Waals surface area contributed by atoms with E-state index in [1.54, 1.807) is 18.5 Å². The Morgan fingerprint density at radius 3 is 2.48 bits per heavy atom. The van der Waals surface area contributed by atoms with Crippen LogP contribution in [0.2, 0.25) is 0 Å². The summed E-state index contributed by atoms with van der Waals surface area (Å²) in [6, 6.07) is 9.75. The van der Waals surface area contributed by atoms with Crippen molar-refractivity contribution >= 4 is 33.9 Å². The van der Waals surface area contributed by atoms with Gasteiger partial charge in [-0.15, -0.1) is 0 Å². The highest BCUT2D eigenvalue weighted by molar-refractivity contribution is 6.09. The van der Waals surface area contributed by atoms with Gasteiger partial charge in [-0.05, 0) is 80.6 Å². The molecule has 0 unspecified atom stereocenters. The predicted molar refractivity (Wildman–Crippen MR) is 170 cm³/mol. The molecule has 1 aliphatic rings. The maximum Gasteiger partial charge on any atom is 0.417 e. The molecule has 2 N–H and O–H groups in total. The lowest BCUT2D eigenvalue weighted by molar-refractivity contribution is -0.137. The average molecular weight is 668 g/mol. The van der Waals surface area contributed by atoms with Crippen molar-refractivity contribution in [2.45, 2.75) is 51.0 Å². The Morgan fingerprint density at radius 1 is 1.02 bits per heavy atom. The summed E-state index contributed by atoms with van der Waals surface area (Å²) in [5.41, 5.74) is -1.06. The number of benzene rings is 2. The molecule has 2 atom stereocenters. The Kier molecular flexibility index (Phi) is 8.90. The van der Waals surface area contributed by atoms with Gasteiger partial charge in [0.05, 0.1) is 27.8 Å². The molecule has 0 spiro atoms. The van der Waals surface area contributed by atoms with Crippen molar-refractivity contribution in [3.8, 4) is 11.1 Å². The average Bonchev–Trinajstić information content (AvgIpc) is 3.59. The Hall–Kier alpha value is -4.91. The number of pyridine rings is 1. The van der Waals surface area contributed by atoms with Crippen molar-refractivity contribution in [3.05, 3.63) is 101 Å². The van der Waals surface area contributed by atoms with Gasteiger partial charge in [0.15, 0.2) is 0 Å². The molecule has 2 aromatic carbocycles. The number of nitrogens with zero attached hydrogens (tertiary/aromatic N) is 3. The smallest absolute Gasteiger partial charge is 0.331 e. The molecule has 1 saturated carbocycles. The number of aromatic nitrogens is 3. The third-order valence-corrected chi connectivity index (χ3v) is 8.72. The van der Waals surface area contributed by atoms with Gasteiger partial charge in [0.2, 0.25) is 11.7 Å². The fraction of sp³-hybridized carbons (Fsp3) is 0.286. The van der Waals surface area contributed by atoms with Crippen LogP contribution in [0.4, 0.5) is 32.0 Å². The minimum Gasteiger partial charge on any atom is -0.331 e. The third kappa shape index (κ3) is 6.46. The molecule has 3 heterocycles. The number of ketones is 1. The zero-order valence-corrected chi connectivity index (χ0v) is 26.0. The number of fused-ring (bicyclic) bond motifs is 2. The van der Waals surface area contributed by atoms with Gasteiger partial charge >= 0.3 is 6.18 Å². The van der Waals surface area contributed by atoms with Crippen LogP contribution in [-0.2, 0) is 18.0 Å². The molecular weight excluding hydrogens is 636 g/mol. The van der Waals surface area contributed by atoms with Gasteiger partial charge in [-0.3, -0.25) is 9.59 Å². The zero-order chi connectivity index (χ0) is 34.3. The Bertz CT molecular complexity index is 2060. The third-order valence-electron chi connectivity index (χ3n) is 8.72. The molecule has 7 nitrogen and oxygen atoms in total. The van der Waals surface area contributed by atoms with Crippen molar-refractivity contribution < 1.29 is 35.9 Å². The van der Waals surface area contributed by atoms with E-state index in [9.17, 15) is 27.2 Å². The quantitative estimate of drug-likeness (QED) is 0.101. The molecule has 3 aromatic heterocycles. The van der Waals surface area contributed by atoms with Crippen LogP contribution in [0.1, 0.15) is 53.1 Å². The lowest BCUT2D eigenvalue weighted by atomic mass is 9.94. The molecule has 1 aliphatic carbocycles. The summed E-state index contributed by atoms with van der Waals surface area (Å²) in [6.45, 7) is 1.95. The summed E-state index contributed by atoms with van der Waals surface area (Å²) in [5.74, 6) is -3.44. The lowest BCUT2D eigenvalue weighted by Crippen LogP contribution is -2.34. The summed E-state index contributed by atoms with van der Waals surface area (Å²) in [6.07, 6.45) is 0.994. The normalized spacial score (nSPS) is 17.1. The van der Waals surface area contributed by atoms with Gasteiger partial charge in [-0.25, -0.2) is 18.2 Å². The molecule has 13 heteroatoms. The molecular formula is C35H31F6N5O2. The first-order chi connectivity index (χ1) is 22.8. The van der Waals surface area contributed by atoms with Gasteiger partial charge in [0.25, 0.3) is 0 Å². The van der Waals surface area contributed by atoms with Crippen molar-refractivity contribution in [2.24, 2.45) is 7.05 Å². The first-order valence-corrected chi connectivity index (χ1v) is 15.3. The van der Waals surface area contributed by atoms with E-state index >= 15 is 8.78 Å². The number of nitrogens with one attached hydrogen (secondary N) is 2. The molecule has 5 aromatic rings. The Balaban J connectivity index is 1.24. The van der Waals surface area contributed by atoms with Gasteiger partial charge < -0.3 is 19.6 Å². The first kappa shape index (κ1) is 33.0. The number of halogens is 6. The molecule has 1 amide bonds. The largest absolute Gasteiger partial charge is 0.417 e. The van der Waals surface area contributed by atoms with Crippen molar-refractivity contribution in [2.75, 3.05) is 11.9 Å². The molecule has 48 heavy (non-hydrogen) atoms. The molecule has 0 radical (unpaired) electrons. The van der Waals surface area contributed by atoms with E-state index in [2.05, 4.69) is 15.6 Å². The van der Waals surface area contributed by atoms with Crippen LogP contribution >= 0.6 is 0 Å². The van der Waals surface area contributed by atoms with Crippen LogP contribution in [-0.4, -0.2) is 44.4 Å². The number of imidazole rings is 1. The van der Waals surface area contributed by atoms with Crippen LogP contribution in [0.25, 0.3) is 27.7 Å². The van der Waals surface area contributed by atoms with E-state index in [1.165, 1.54) is 47.0 Å². The van der Waals surface area contributed by atoms with Crippen molar-refractivity contribution in [1.82, 2.24) is 19.3 Å². The molecule has 0 aliphatic heterocycles. The second-order valence-corrected chi connectivity index (χ2v) is 11.9. The number of rotatable bonds is 8. The highest BCUT2D eigenvalue weighted by atomic mass is 19.4.